The lowest BCUT2D eigenvalue weighted by Crippen LogP contribution is -2.27. The Balaban J connectivity index is 2.03. The van der Waals surface area contributed by atoms with E-state index in [9.17, 15) is 13.4 Å². The van der Waals surface area contributed by atoms with Crippen LogP contribution in [0.4, 0.5) is 4.39 Å². The average Bonchev–Trinajstić information content (AvgIpc) is 2.70. The summed E-state index contributed by atoms with van der Waals surface area (Å²) in [6, 6.07) is 3.91. The van der Waals surface area contributed by atoms with Gasteiger partial charge in [0.1, 0.15) is 18.2 Å². The largest absolute Gasteiger partial charge is 0.425 e. The van der Waals surface area contributed by atoms with Crippen molar-refractivity contribution in [2.45, 2.75) is 13.0 Å². The zero-order chi connectivity index (χ0) is 12.4. The second-order valence-electron chi connectivity index (χ2n) is 3.41. The normalized spacial score (nSPS) is 23.6. The second-order valence-corrected chi connectivity index (χ2v) is 4.24. The average molecular weight is 260 g/mol. The first-order valence-corrected chi connectivity index (χ1v) is 5.76. The minimum Gasteiger partial charge on any atom is -0.425 e. The Kier molecular flexibility index (Phi) is 3.51. The number of hydrogen-bond acceptors (Lipinski definition) is 5. The van der Waals surface area contributed by atoms with E-state index in [0.717, 1.165) is 0 Å². The van der Waals surface area contributed by atoms with Gasteiger partial charge in [0.2, 0.25) is 0 Å². The molecule has 0 saturated carbocycles. The molecule has 17 heavy (non-hydrogen) atoms. The minimum atomic E-state index is -1.90. The second kappa shape index (κ2) is 4.91. The van der Waals surface area contributed by atoms with Crippen LogP contribution in [0.2, 0.25) is 0 Å². The van der Waals surface area contributed by atoms with E-state index in [1.54, 1.807) is 6.92 Å². The summed E-state index contributed by atoms with van der Waals surface area (Å²) >= 11 is -1.90. The van der Waals surface area contributed by atoms with Gasteiger partial charge >= 0.3 is 17.3 Å². The van der Waals surface area contributed by atoms with Gasteiger partial charge < -0.3 is 4.74 Å². The molecule has 1 aromatic carbocycles. The number of esters is 1. The van der Waals surface area contributed by atoms with E-state index in [1.807, 2.05) is 0 Å². The van der Waals surface area contributed by atoms with E-state index in [2.05, 4.69) is 8.37 Å². The monoisotopic (exact) mass is 260 g/mol. The number of carbonyl (C=O) groups is 1. The van der Waals surface area contributed by atoms with Gasteiger partial charge in [0, 0.05) is 0 Å². The molecule has 2 unspecified atom stereocenters. The highest BCUT2D eigenvalue weighted by atomic mass is 32.2. The van der Waals surface area contributed by atoms with Crippen LogP contribution < -0.4 is 4.74 Å². The van der Waals surface area contributed by atoms with E-state index in [0.29, 0.717) is 5.56 Å². The number of carbonyl (C=O) groups excluding carboxylic acids is 1. The van der Waals surface area contributed by atoms with E-state index in [-0.39, 0.29) is 18.2 Å². The third-order valence-electron chi connectivity index (χ3n) is 2.12. The summed E-state index contributed by atoms with van der Waals surface area (Å²) in [5.74, 6) is -0.900. The molecule has 1 saturated heterocycles. The Morgan fingerprint density at radius 1 is 1.59 bits per heavy atom. The number of rotatable bonds is 2. The molecule has 92 valence electrons. The molecule has 1 aliphatic heterocycles. The van der Waals surface area contributed by atoms with E-state index in [1.165, 1.54) is 18.2 Å². The van der Waals surface area contributed by atoms with Gasteiger partial charge in [0.25, 0.3) is 0 Å². The lowest BCUT2D eigenvalue weighted by molar-refractivity contribution is -0.141. The molecule has 0 bridgehead atoms. The molecule has 0 N–H and O–H groups in total. The predicted molar refractivity (Wildman–Crippen MR) is 55.7 cm³/mol. The van der Waals surface area contributed by atoms with Crippen LogP contribution in [0.5, 0.6) is 5.75 Å². The molecule has 1 fully saturated rings. The van der Waals surface area contributed by atoms with Crippen molar-refractivity contribution in [3.63, 3.8) is 0 Å². The molecular formula is C10H9FO5S. The van der Waals surface area contributed by atoms with Crippen LogP contribution in [-0.4, -0.2) is 22.9 Å². The zero-order valence-electron chi connectivity index (χ0n) is 8.84. The molecule has 2 atom stereocenters. The van der Waals surface area contributed by atoms with Crippen LogP contribution >= 0.6 is 0 Å². The molecule has 1 aliphatic rings. The molecule has 0 aromatic heterocycles. The summed E-state index contributed by atoms with van der Waals surface area (Å²) in [6.45, 7) is 1.43. The summed E-state index contributed by atoms with van der Waals surface area (Å²) in [5.41, 5.74) is 0.363. The first-order valence-electron chi connectivity index (χ1n) is 4.76. The standard InChI is InChI=1S/C10H9FO5S/c1-6-4-7(2-3-8(6)11)15-10(12)9-5-14-17(13)16-9/h2-4,9H,5H2,1H3. The fourth-order valence-corrected chi connectivity index (χ4v) is 1.85. The SMILES string of the molecule is Cc1cc(OC(=O)C2COS(=O)O2)ccc1F. The highest BCUT2D eigenvalue weighted by Crippen LogP contribution is 2.18. The van der Waals surface area contributed by atoms with Crippen LogP contribution in [0.15, 0.2) is 18.2 Å². The van der Waals surface area contributed by atoms with Gasteiger partial charge in [-0.3, -0.25) is 8.37 Å². The Morgan fingerprint density at radius 2 is 2.35 bits per heavy atom. The Morgan fingerprint density at radius 3 is 2.94 bits per heavy atom. The van der Waals surface area contributed by atoms with Crippen molar-refractivity contribution in [3.05, 3.63) is 29.6 Å². The maximum Gasteiger partial charge on any atom is 0.344 e. The van der Waals surface area contributed by atoms with E-state index in [4.69, 9.17) is 4.74 Å². The molecule has 0 aliphatic carbocycles. The van der Waals surface area contributed by atoms with Crippen molar-refractivity contribution in [2.75, 3.05) is 6.61 Å². The predicted octanol–water partition coefficient (Wildman–Crippen LogP) is 1.03. The van der Waals surface area contributed by atoms with Gasteiger partial charge in [-0.2, -0.15) is 4.21 Å². The van der Waals surface area contributed by atoms with Gasteiger partial charge in [0.15, 0.2) is 6.10 Å². The van der Waals surface area contributed by atoms with Crippen molar-refractivity contribution >= 4 is 17.3 Å². The quantitative estimate of drug-likeness (QED) is 0.587. The highest BCUT2D eigenvalue weighted by Gasteiger charge is 2.32. The van der Waals surface area contributed by atoms with Gasteiger partial charge in [-0.1, -0.05) is 0 Å². The molecule has 5 nitrogen and oxygen atoms in total. The van der Waals surface area contributed by atoms with Crippen molar-refractivity contribution in [1.29, 1.82) is 0 Å². The van der Waals surface area contributed by atoms with Crippen LogP contribution in [0.25, 0.3) is 0 Å². The topological polar surface area (TPSA) is 61.8 Å². The zero-order valence-corrected chi connectivity index (χ0v) is 9.66. The van der Waals surface area contributed by atoms with Gasteiger partial charge in [0.05, 0.1) is 0 Å². The van der Waals surface area contributed by atoms with E-state index < -0.39 is 23.4 Å². The summed E-state index contributed by atoms with van der Waals surface area (Å²) < 4.78 is 37.8. The third-order valence-corrected chi connectivity index (χ3v) is 2.84. The number of ether oxygens (including phenoxy) is 1. The van der Waals surface area contributed by atoms with Gasteiger partial charge in [-0.25, -0.2) is 9.18 Å². The Labute approximate surface area is 99.3 Å². The maximum absolute atomic E-state index is 13.0. The lowest BCUT2D eigenvalue weighted by atomic mass is 10.2. The number of hydrogen-bond donors (Lipinski definition) is 0. The molecular weight excluding hydrogens is 251 g/mol. The fourth-order valence-electron chi connectivity index (χ4n) is 1.24. The molecule has 2 rings (SSSR count). The van der Waals surface area contributed by atoms with Crippen molar-refractivity contribution in [2.24, 2.45) is 0 Å². The molecule has 0 amide bonds. The summed E-state index contributed by atoms with van der Waals surface area (Å²) in [7, 11) is 0. The van der Waals surface area contributed by atoms with Crippen molar-refractivity contribution in [1.82, 2.24) is 0 Å². The Bertz CT molecular complexity index is 476. The molecule has 1 heterocycles. The number of aryl methyl sites for hydroxylation is 1. The van der Waals surface area contributed by atoms with Crippen LogP contribution in [0, 0.1) is 12.7 Å². The van der Waals surface area contributed by atoms with Crippen molar-refractivity contribution < 1.29 is 26.5 Å². The molecule has 0 spiro atoms. The first kappa shape index (κ1) is 12.2. The maximum atomic E-state index is 13.0. The number of benzene rings is 1. The Hall–Kier alpha value is -1.31. The van der Waals surface area contributed by atoms with Crippen LogP contribution in [-0.2, 0) is 24.5 Å². The van der Waals surface area contributed by atoms with Crippen LogP contribution in [0.1, 0.15) is 5.56 Å². The molecule has 7 heteroatoms. The summed E-state index contributed by atoms with van der Waals surface area (Å²) in [4.78, 5) is 11.5. The molecule has 1 aromatic rings. The highest BCUT2D eigenvalue weighted by molar-refractivity contribution is 7.75. The molecule has 0 radical (unpaired) electrons. The number of halogens is 1. The fraction of sp³-hybridized carbons (Fsp3) is 0.300. The van der Waals surface area contributed by atoms with Gasteiger partial charge in [-0.15, -0.1) is 0 Å². The van der Waals surface area contributed by atoms with E-state index >= 15 is 0 Å². The third kappa shape index (κ3) is 2.87. The van der Waals surface area contributed by atoms with Crippen molar-refractivity contribution in [3.8, 4) is 5.75 Å². The summed E-state index contributed by atoms with van der Waals surface area (Å²) in [6.07, 6.45) is -1.01. The van der Waals surface area contributed by atoms with Gasteiger partial charge in [-0.05, 0) is 30.7 Å². The van der Waals surface area contributed by atoms with Crippen LogP contribution in [0.3, 0.4) is 0 Å². The first-order chi connectivity index (χ1) is 8.06. The smallest absolute Gasteiger partial charge is 0.344 e. The minimum absolute atomic E-state index is 0.119. The summed E-state index contributed by atoms with van der Waals surface area (Å²) in [5, 5.41) is 0. The lowest BCUT2D eigenvalue weighted by Gasteiger charge is -2.07.